The number of pyridine rings is 1. The van der Waals surface area contributed by atoms with Crippen LogP contribution in [-0.4, -0.2) is 15.6 Å². The molecule has 0 saturated heterocycles. The second-order valence-corrected chi connectivity index (χ2v) is 7.15. The molecular formula is C24H22ClNO3. The largest absolute Gasteiger partial charge is 0.478 e. The number of rotatable bonds is 7. The van der Waals surface area contributed by atoms with Crippen molar-refractivity contribution >= 4 is 29.7 Å². The molecule has 2 aromatic carbocycles. The molecule has 0 aliphatic heterocycles. The number of aromatic nitrogens is 1. The lowest BCUT2D eigenvalue weighted by atomic mass is 10.1. The van der Waals surface area contributed by atoms with Gasteiger partial charge in [0.25, 0.3) is 5.56 Å². The summed E-state index contributed by atoms with van der Waals surface area (Å²) in [6.45, 7) is 2.55. The van der Waals surface area contributed by atoms with Gasteiger partial charge in [-0.15, -0.1) is 0 Å². The number of aryl methyl sites for hydroxylation is 2. The fraction of sp³-hybridized carbons (Fsp3) is 0.167. The molecule has 0 amide bonds. The van der Waals surface area contributed by atoms with Gasteiger partial charge in [0.15, 0.2) is 0 Å². The van der Waals surface area contributed by atoms with E-state index in [1.165, 1.54) is 11.6 Å². The van der Waals surface area contributed by atoms with E-state index in [-0.39, 0.29) is 11.1 Å². The zero-order valence-corrected chi connectivity index (χ0v) is 16.9. The summed E-state index contributed by atoms with van der Waals surface area (Å²) in [6.07, 6.45) is 5.37. The van der Waals surface area contributed by atoms with Crippen LogP contribution in [-0.2, 0) is 19.4 Å². The third-order valence-corrected chi connectivity index (χ3v) is 5.11. The van der Waals surface area contributed by atoms with Crippen LogP contribution in [0.1, 0.15) is 39.7 Å². The third-order valence-electron chi connectivity index (χ3n) is 4.79. The molecule has 0 unspecified atom stereocenters. The normalized spacial score (nSPS) is 11.1. The quantitative estimate of drug-likeness (QED) is 0.587. The van der Waals surface area contributed by atoms with E-state index < -0.39 is 5.97 Å². The van der Waals surface area contributed by atoms with Crippen molar-refractivity contribution < 1.29 is 9.90 Å². The number of carboxylic acids is 1. The highest BCUT2D eigenvalue weighted by Gasteiger charge is 2.08. The number of benzene rings is 2. The lowest BCUT2D eigenvalue weighted by molar-refractivity contribution is 0.0697. The average molecular weight is 408 g/mol. The fourth-order valence-electron chi connectivity index (χ4n) is 3.11. The number of halogens is 1. The lowest BCUT2D eigenvalue weighted by Gasteiger charge is -2.12. The first-order valence-corrected chi connectivity index (χ1v) is 9.84. The summed E-state index contributed by atoms with van der Waals surface area (Å²) in [4.78, 5) is 23.4. The van der Waals surface area contributed by atoms with Crippen LogP contribution in [0.3, 0.4) is 0 Å². The molecule has 0 spiro atoms. The molecule has 1 heterocycles. The Morgan fingerprint density at radius 1 is 1.03 bits per heavy atom. The van der Waals surface area contributed by atoms with Gasteiger partial charge in [-0.1, -0.05) is 61.0 Å². The van der Waals surface area contributed by atoms with E-state index in [1.54, 1.807) is 34.9 Å². The number of hydrogen-bond acceptors (Lipinski definition) is 2. The first-order chi connectivity index (χ1) is 14.0. The van der Waals surface area contributed by atoms with Gasteiger partial charge in [0.2, 0.25) is 0 Å². The van der Waals surface area contributed by atoms with Crippen LogP contribution in [0.15, 0.2) is 65.5 Å². The van der Waals surface area contributed by atoms with Gasteiger partial charge in [-0.05, 0) is 53.8 Å². The Bertz CT molecular complexity index is 1100. The third kappa shape index (κ3) is 5.24. The Morgan fingerprint density at radius 2 is 1.79 bits per heavy atom. The Kier molecular flexibility index (Phi) is 6.68. The molecule has 1 N–H and O–H groups in total. The molecule has 29 heavy (non-hydrogen) atoms. The van der Waals surface area contributed by atoms with Gasteiger partial charge in [-0.2, -0.15) is 0 Å². The van der Waals surface area contributed by atoms with Crippen LogP contribution < -0.4 is 5.56 Å². The average Bonchev–Trinajstić information content (AvgIpc) is 2.73. The zero-order valence-electron chi connectivity index (χ0n) is 16.1. The second kappa shape index (κ2) is 9.39. The Labute approximate surface area is 174 Å². The van der Waals surface area contributed by atoms with Gasteiger partial charge in [-0.3, -0.25) is 4.79 Å². The molecule has 1 aromatic heterocycles. The smallest absolute Gasteiger partial charge is 0.335 e. The van der Waals surface area contributed by atoms with Crippen molar-refractivity contribution in [3.8, 4) is 0 Å². The number of nitrogens with zero attached hydrogens (tertiary/aromatic N) is 1. The Morgan fingerprint density at radius 3 is 2.48 bits per heavy atom. The van der Waals surface area contributed by atoms with Gasteiger partial charge in [0, 0.05) is 12.6 Å². The number of hydrogen-bond donors (Lipinski definition) is 1. The summed E-state index contributed by atoms with van der Waals surface area (Å²) in [5.74, 6) is -0.956. The summed E-state index contributed by atoms with van der Waals surface area (Å²) >= 11 is 6.39. The maximum Gasteiger partial charge on any atom is 0.335 e. The molecule has 3 aromatic rings. The molecule has 0 fully saturated rings. The van der Waals surface area contributed by atoms with Gasteiger partial charge < -0.3 is 9.67 Å². The van der Waals surface area contributed by atoms with E-state index in [4.69, 9.17) is 16.7 Å². The van der Waals surface area contributed by atoms with Crippen molar-refractivity contribution in [2.45, 2.75) is 26.3 Å². The molecule has 0 bridgehead atoms. The minimum atomic E-state index is -0.956. The highest BCUT2D eigenvalue weighted by atomic mass is 35.5. The minimum absolute atomic E-state index is 0.126. The number of aromatic carboxylic acids is 1. The molecule has 0 radical (unpaired) electrons. The summed E-state index contributed by atoms with van der Waals surface area (Å²) in [5, 5.41) is 9.51. The summed E-state index contributed by atoms with van der Waals surface area (Å²) < 4.78 is 1.65. The summed E-state index contributed by atoms with van der Waals surface area (Å²) in [7, 11) is 0. The van der Waals surface area contributed by atoms with E-state index in [0.717, 1.165) is 17.5 Å². The van der Waals surface area contributed by atoms with Gasteiger partial charge >= 0.3 is 5.97 Å². The molecular weight excluding hydrogens is 386 g/mol. The van der Waals surface area contributed by atoms with Gasteiger partial charge in [0.1, 0.15) is 0 Å². The Balaban J connectivity index is 1.85. The van der Waals surface area contributed by atoms with E-state index in [0.29, 0.717) is 23.7 Å². The Hall–Kier alpha value is -3.11. The fourth-order valence-corrected chi connectivity index (χ4v) is 3.34. The zero-order chi connectivity index (χ0) is 20.8. The van der Waals surface area contributed by atoms with E-state index in [9.17, 15) is 9.59 Å². The van der Waals surface area contributed by atoms with Crippen LogP contribution in [0.25, 0.3) is 12.2 Å². The predicted molar refractivity (Wildman–Crippen MR) is 118 cm³/mol. The molecule has 0 atom stereocenters. The highest BCUT2D eigenvalue weighted by Crippen LogP contribution is 2.18. The summed E-state index contributed by atoms with van der Waals surface area (Å²) in [5.41, 5.74) is 4.02. The van der Waals surface area contributed by atoms with Gasteiger partial charge in [0.05, 0.1) is 16.3 Å². The maximum atomic E-state index is 12.5. The molecule has 148 valence electrons. The first-order valence-electron chi connectivity index (χ1n) is 9.46. The molecule has 3 rings (SSSR count). The number of carbonyl (C=O) groups is 1. The van der Waals surface area contributed by atoms with Crippen LogP contribution in [0.2, 0.25) is 5.02 Å². The monoisotopic (exact) mass is 407 g/mol. The SMILES string of the molecule is CCc1cccc(C=Cc2c(Cl)ccc(=O)n2CCc2ccc(C(=O)O)cc2)c1. The van der Waals surface area contributed by atoms with Crippen LogP contribution in [0, 0.1) is 0 Å². The molecule has 0 aliphatic rings. The van der Waals surface area contributed by atoms with Crippen LogP contribution in [0.4, 0.5) is 0 Å². The van der Waals surface area contributed by atoms with Crippen molar-refractivity contribution in [3.05, 3.63) is 104 Å². The molecule has 4 nitrogen and oxygen atoms in total. The van der Waals surface area contributed by atoms with E-state index in [2.05, 4.69) is 19.1 Å². The number of carboxylic acid groups (broad SMARTS) is 1. The van der Waals surface area contributed by atoms with Crippen molar-refractivity contribution in [1.82, 2.24) is 4.57 Å². The predicted octanol–water partition coefficient (Wildman–Crippen LogP) is 5.18. The van der Waals surface area contributed by atoms with E-state index in [1.807, 2.05) is 24.3 Å². The first kappa shape index (κ1) is 20.6. The molecule has 5 heteroatoms. The van der Waals surface area contributed by atoms with Crippen molar-refractivity contribution in [2.24, 2.45) is 0 Å². The van der Waals surface area contributed by atoms with Crippen molar-refractivity contribution in [2.75, 3.05) is 0 Å². The van der Waals surface area contributed by atoms with E-state index >= 15 is 0 Å². The van der Waals surface area contributed by atoms with Gasteiger partial charge in [-0.25, -0.2) is 4.79 Å². The minimum Gasteiger partial charge on any atom is -0.478 e. The van der Waals surface area contributed by atoms with Crippen LogP contribution in [0.5, 0.6) is 0 Å². The lowest BCUT2D eigenvalue weighted by Crippen LogP contribution is -2.22. The van der Waals surface area contributed by atoms with Crippen LogP contribution >= 0.6 is 11.6 Å². The second-order valence-electron chi connectivity index (χ2n) is 6.74. The summed E-state index contributed by atoms with van der Waals surface area (Å²) in [6, 6.07) is 18.0. The highest BCUT2D eigenvalue weighted by molar-refractivity contribution is 6.32. The molecule has 0 aliphatic carbocycles. The standard InChI is InChI=1S/C24H22ClNO3/c1-2-17-4-3-5-19(16-17)8-12-22-21(25)11-13-23(27)26(22)15-14-18-6-9-20(10-7-18)24(28)29/h3-13,16H,2,14-15H2,1H3,(H,28,29). The van der Waals surface area contributed by atoms with Crippen molar-refractivity contribution in [1.29, 1.82) is 0 Å². The van der Waals surface area contributed by atoms with Crippen molar-refractivity contribution in [3.63, 3.8) is 0 Å². The maximum absolute atomic E-state index is 12.5. The molecule has 0 saturated carbocycles. The topological polar surface area (TPSA) is 59.3 Å².